The van der Waals surface area contributed by atoms with Crippen molar-refractivity contribution >= 4 is 12.0 Å². The summed E-state index contributed by atoms with van der Waals surface area (Å²) in [7, 11) is 1.88. The highest BCUT2D eigenvalue weighted by atomic mass is 16.6. The van der Waals surface area contributed by atoms with Crippen LogP contribution in [0.1, 0.15) is 37.7 Å². The predicted molar refractivity (Wildman–Crippen MR) is 67.6 cm³/mol. The first kappa shape index (κ1) is 13.5. The van der Waals surface area contributed by atoms with Gasteiger partial charge in [0.2, 0.25) is 0 Å². The minimum atomic E-state index is -0.458. The van der Waals surface area contributed by atoms with Crippen molar-refractivity contribution in [3.8, 4) is 0 Å². The van der Waals surface area contributed by atoms with Gasteiger partial charge in [0.05, 0.1) is 5.69 Å². The van der Waals surface area contributed by atoms with Crippen LogP contribution in [0.25, 0.3) is 6.08 Å². The van der Waals surface area contributed by atoms with Crippen LogP contribution in [0, 0.1) is 13.8 Å². The van der Waals surface area contributed by atoms with Gasteiger partial charge in [-0.2, -0.15) is 5.10 Å². The van der Waals surface area contributed by atoms with Crippen molar-refractivity contribution in [2.75, 3.05) is 0 Å². The molecule has 94 valence electrons. The van der Waals surface area contributed by atoms with E-state index in [0.717, 1.165) is 17.0 Å². The van der Waals surface area contributed by atoms with E-state index in [4.69, 9.17) is 4.74 Å². The molecule has 17 heavy (non-hydrogen) atoms. The molecule has 0 aromatic carbocycles. The molecule has 0 aliphatic heterocycles. The molecule has 0 fully saturated rings. The fourth-order valence-electron chi connectivity index (χ4n) is 1.52. The number of rotatable bonds is 2. The summed E-state index contributed by atoms with van der Waals surface area (Å²) >= 11 is 0. The Morgan fingerprint density at radius 3 is 2.35 bits per heavy atom. The molecule has 0 aliphatic carbocycles. The summed E-state index contributed by atoms with van der Waals surface area (Å²) in [5.74, 6) is -0.333. The smallest absolute Gasteiger partial charge is 0.331 e. The first-order valence-electron chi connectivity index (χ1n) is 5.62. The lowest BCUT2D eigenvalue weighted by Gasteiger charge is -2.17. The Balaban J connectivity index is 2.81. The van der Waals surface area contributed by atoms with Gasteiger partial charge in [-0.1, -0.05) is 0 Å². The Morgan fingerprint density at radius 1 is 1.35 bits per heavy atom. The quantitative estimate of drug-likeness (QED) is 0.585. The van der Waals surface area contributed by atoms with Gasteiger partial charge in [-0.15, -0.1) is 0 Å². The van der Waals surface area contributed by atoms with Gasteiger partial charge in [-0.25, -0.2) is 4.79 Å². The van der Waals surface area contributed by atoms with Gasteiger partial charge in [0.15, 0.2) is 0 Å². The van der Waals surface area contributed by atoms with Crippen molar-refractivity contribution < 1.29 is 9.53 Å². The molecule has 0 spiro atoms. The largest absolute Gasteiger partial charge is 0.457 e. The summed E-state index contributed by atoms with van der Waals surface area (Å²) < 4.78 is 6.99. The van der Waals surface area contributed by atoms with Gasteiger partial charge in [-0.05, 0) is 40.7 Å². The Hall–Kier alpha value is -1.58. The summed E-state index contributed by atoms with van der Waals surface area (Å²) in [4.78, 5) is 11.5. The molecule has 0 bridgehead atoms. The zero-order valence-electron chi connectivity index (χ0n) is 11.4. The maximum Gasteiger partial charge on any atom is 0.331 e. The van der Waals surface area contributed by atoms with Gasteiger partial charge in [-0.3, -0.25) is 4.68 Å². The fourth-order valence-corrected chi connectivity index (χ4v) is 1.52. The maximum absolute atomic E-state index is 11.5. The van der Waals surface area contributed by atoms with Crippen LogP contribution in [-0.4, -0.2) is 21.4 Å². The average Bonchev–Trinajstić information content (AvgIpc) is 2.36. The molecule has 1 aromatic heterocycles. The van der Waals surface area contributed by atoms with Crippen molar-refractivity contribution in [1.82, 2.24) is 9.78 Å². The fraction of sp³-hybridized carbons (Fsp3) is 0.538. The van der Waals surface area contributed by atoms with Crippen molar-refractivity contribution in [1.29, 1.82) is 0 Å². The third kappa shape index (κ3) is 3.73. The van der Waals surface area contributed by atoms with Crippen LogP contribution in [0.15, 0.2) is 6.08 Å². The first-order chi connectivity index (χ1) is 7.70. The van der Waals surface area contributed by atoms with E-state index in [0.29, 0.717) is 0 Å². The van der Waals surface area contributed by atoms with Crippen LogP contribution in [0.4, 0.5) is 0 Å². The summed E-state index contributed by atoms with van der Waals surface area (Å²) in [6.07, 6.45) is 3.20. The lowest BCUT2D eigenvalue weighted by Crippen LogP contribution is -2.22. The molecule has 0 amide bonds. The number of hydrogen-bond donors (Lipinski definition) is 0. The van der Waals surface area contributed by atoms with Crippen molar-refractivity contribution in [2.24, 2.45) is 7.05 Å². The zero-order valence-corrected chi connectivity index (χ0v) is 11.4. The van der Waals surface area contributed by atoms with Crippen LogP contribution in [-0.2, 0) is 16.6 Å². The van der Waals surface area contributed by atoms with Crippen molar-refractivity contribution in [2.45, 2.75) is 40.2 Å². The summed E-state index contributed by atoms with van der Waals surface area (Å²) in [6, 6.07) is 0. The predicted octanol–water partition coefficient (Wildman–Crippen LogP) is 2.39. The summed E-state index contributed by atoms with van der Waals surface area (Å²) in [5.41, 5.74) is 2.45. The molecule has 1 heterocycles. The molecule has 0 saturated heterocycles. The monoisotopic (exact) mass is 236 g/mol. The molecule has 4 nitrogen and oxygen atoms in total. The number of hydrogen-bond acceptors (Lipinski definition) is 3. The van der Waals surface area contributed by atoms with Gasteiger partial charge >= 0.3 is 5.97 Å². The third-order valence-corrected chi connectivity index (χ3v) is 2.36. The molecular weight excluding hydrogens is 216 g/mol. The van der Waals surface area contributed by atoms with Gasteiger partial charge < -0.3 is 4.74 Å². The highest BCUT2D eigenvalue weighted by Crippen LogP contribution is 2.14. The molecular formula is C13H20N2O2. The number of carbonyl (C=O) groups excluding carboxylic acids is 1. The molecule has 0 saturated carbocycles. The van der Waals surface area contributed by atoms with E-state index in [1.54, 1.807) is 10.8 Å². The number of aromatic nitrogens is 2. The Kier molecular flexibility index (Phi) is 3.76. The van der Waals surface area contributed by atoms with E-state index in [-0.39, 0.29) is 5.97 Å². The summed E-state index contributed by atoms with van der Waals surface area (Å²) in [5, 5.41) is 4.28. The van der Waals surface area contributed by atoms with E-state index < -0.39 is 5.60 Å². The highest BCUT2D eigenvalue weighted by molar-refractivity contribution is 5.87. The van der Waals surface area contributed by atoms with Crippen molar-refractivity contribution in [3.05, 3.63) is 23.0 Å². The second-order valence-electron chi connectivity index (χ2n) is 5.07. The van der Waals surface area contributed by atoms with E-state index in [9.17, 15) is 4.79 Å². The number of ether oxygens (including phenoxy) is 1. The van der Waals surface area contributed by atoms with Crippen LogP contribution >= 0.6 is 0 Å². The standard InChI is InChI=1S/C13H20N2O2/c1-9-11(10(2)15(6)14-9)7-8-12(16)17-13(3,4)5/h7-8H,1-6H3/b8-7+. The molecule has 1 rings (SSSR count). The minimum Gasteiger partial charge on any atom is -0.457 e. The van der Waals surface area contributed by atoms with Crippen LogP contribution in [0.5, 0.6) is 0 Å². The maximum atomic E-state index is 11.5. The molecule has 0 atom stereocenters. The van der Waals surface area contributed by atoms with E-state index >= 15 is 0 Å². The molecule has 0 unspecified atom stereocenters. The van der Waals surface area contributed by atoms with E-state index in [2.05, 4.69) is 5.10 Å². The Labute approximate surface area is 102 Å². The topological polar surface area (TPSA) is 44.1 Å². The zero-order chi connectivity index (χ0) is 13.2. The molecule has 0 aliphatic rings. The van der Waals surface area contributed by atoms with Gasteiger partial charge in [0.1, 0.15) is 5.60 Å². The number of nitrogens with zero attached hydrogens (tertiary/aromatic N) is 2. The first-order valence-corrected chi connectivity index (χ1v) is 5.62. The molecule has 0 radical (unpaired) electrons. The number of esters is 1. The lowest BCUT2D eigenvalue weighted by molar-refractivity contribution is -0.148. The summed E-state index contributed by atoms with van der Waals surface area (Å²) in [6.45, 7) is 9.43. The second-order valence-corrected chi connectivity index (χ2v) is 5.07. The van der Waals surface area contributed by atoms with Crippen LogP contribution in [0.3, 0.4) is 0 Å². The Morgan fingerprint density at radius 2 is 1.94 bits per heavy atom. The average molecular weight is 236 g/mol. The van der Waals surface area contributed by atoms with E-state index in [1.165, 1.54) is 6.08 Å². The molecule has 4 heteroatoms. The molecule has 0 N–H and O–H groups in total. The third-order valence-electron chi connectivity index (χ3n) is 2.36. The normalized spacial score (nSPS) is 12.1. The second kappa shape index (κ2) is 4.73. The van der Waals surface area contributed by atoms with Gasteiger partial charge in [0, 0.05) is 24.4 Å². The van der Waals surface area contributed by atoms with E-state index in [1.807, 2.05) is 41.7 Å². The van der Waals surface area contributed by atoms with Crippen LogP contribution < -0.4 is 0 Å². The number of aryl methyl sites for hydroxylation is 2. The van der Waals surface area contributed by atoms with Crippen molar-refractivity contribution in [3.63, 3.8) is 0 Å². The number of carbonyl (C=O) groups is 1. The minimum absolute atomic E-state index is 0.333. The SMILES string of the molecule is Cc1nn(C)c(C)c1/C=C/C(=O)OC(C)(C)C. The molecule has 1 aromatic rings. The van der Waals surface area contributed by atoms with Gasteiger partial charge in [0.25, 0.3) is 0 Å². The highest BCUT2D eigenvalue weighted by Gasteiger charge is 2.14. The lowest BCUT2D eigenvalue weighted by atomic mass is 10.2. The van der Waals surface area contributed by atoms with Crippen LogP contribution in [0.2, 0.25) is 0 Å². The Bertz CT molecular complexity index is 451.